The molecule has 0 radical (unpaired) electrons. The van der Waals surface area contributed by atoms with E-state index in [1.165, 1.54) is 49.5 Å². The number of benzene rings is 2. The van der Waals surface area contributed by atoms with Gasteiger partial charge in [-0.15, -0.1) is 0 Å². The number of non-ortho nitro benzene ring substituents is 1. The minimum atomic E-state index is -0.527. The highest BCUT2D eigenvalue weighted by atomic mass is 19.1. The van der Waals surface area contributed by atoms with Gasteiger partial charge < -0.3 is 9.64 Å². The van der Waals surface area contributed by atoms with Gasteiger partial charge in [-0.25, -0.2) is 4.39 Å². The molecule has 0 spiro atoms. The summed E-state index contributed by atoms with van der Waals surface area (Å²) < 4.78 is 18.8. The average molecular weight is 304 g/mol. The zero-order valence-corrected chi connectivity index (χ0v) is 11.7. The van der Waals surface area contributed by atoms with E-state index in [0.29, 0.717) is 5.75 Å². The van der Waals surface area contributed by atoms with E-state index < -0.39 is 16.6 Å². The van der Waals surface area contributed by atoms with E-state index in [4.69, 9.17) is 4.74 Å². The van der Waals surface area contributed by atoms with E-state index in [1.807, 2.05) is 0 Å². The van der Waals surface area contributed by atoms with Crippen molar-refractivity contribution in [1.29, 1.82) is 0 Å². The van der Waals surface area contributed by atoms with Crippen molar-refractivity contribution < 1.29 is 18.8 Å². The van der Waals surface area contributed by atoms with Gasteiger partial charge in [-0.1, -0.05) is 12.1 Å². The number of likely N-dealkylation sites (N-methyl/N-ethyl adjacent to an activating group) is 1. The molecule has 0 atom stereocenters. The average Bonchev–Trinajstić information content (AvgIpc) is 2.52. The molecule has 7 heteroatoms. The molecule has 22 heavy (non-hydrogen) atoms. The second-order valence-electron chi connectivity index (χ2n) is 4.44. The molecular formula is C15H13FN2O4. The second-order valence-corrected chi connectivity index (χ2v) is 4.44. The Bertz CT molecular complexity index is 688. The van der Waals surface area contributed by atoms with Crippen molar-refractivity contribution in [3.8, 4) is 5.75 Å². The van der Waals surface area contributed by atoms with Gasteiger partial charge in [0, 0.05) is 19.2 Å². The van der Waals surface area contributed by atoms with Crippen LogP contribution in [0, 0.1) is 15.9 Å². The Balaban J connectivity index is 1.97. The molecule has 6 nitrogen and oxygen atoms in total. The molecule has 0 saturated heterocycles. The van der Waals surface area contributed by atoms with Gasteiger partial charge in [0.05, 0.1) is 10.6 Å². The molecule has 0 aliphatic carbocycles. The largest absolute Gasteiger partial charge is 0.484 e. The number of ether oxygens (including phenoxy) is 1. The van der Waals surface area contributed by atoms with E-state index in [1.54, 1.807) is 6.07 Å². The second kappa shape index (κ2) is 6.66. The minimum Gasteiger partial charge on any atom is -0.484 e. The first kappa shape index (κ1) is 15.4. The Morgan fingerprint density at radius 3 is 2.45 bits per heavy atom. The lowest BCUT2D eigenvalue weighted by Crippen LogP contribution is -2.31. The smallest absolute Gasteiger partial charge is 0.269 e. The molecule has 114 valence electrons. The van der Waals surface area contributed by atoms with Gasteiger partial charge in [-0.3, -0.25) is 14.9 Å². The topological polar surface area (TPSA) is 72.7 Å². The van der Waals surface area contributed by atoms with Gasteiger partial charge in [0.15, 0.2) is 6.61 Å². The van der Waals surface area contributed by atoms with Crippen molar-refractivity contribution in [3.63, 3.8) is 0 Å². The molecule has 0 unspecified atom stereocenters. The number of amides is 1. The van der Waals surface area contributed by atoms with E-state index in [9.17, 15) is 19.3 Å². The van der Waals surface area contributed by atoms with Gasteiger partial charge in [0.25, 0.3) is 11.6 Å². The summed E-state index contributed by atoms with van der Waals surface area (Å²) in [5, 5.41) is 10.5. The van der Waals surface area contributed by atoms with Crippen LogP contribution in [0.2, 0.25) is 0 Å². The molecule has 0 aliphatic rings. The molecule has 0 aliphatic heterocycles. The summed E-state index contributed by atoms with van der Waals surface area (Å²) in [6.45, 7) is -0.303. The van der Waals surface area contributed by atoms with E-state index in [-0.39, 0.29) is 18.0 Å². The lowest BCUT2D eigenvalue weighted by Gasteiger charge is -2.18. The van der Waals surface area contributed by atoms with Crippen LogP contribution in [0.4, 0.5) is 15.8 Å². The number of nitro benzene ring substituents is 1. The number of nitro groups is 1. The maximum absolute atomic E-state index is 13.6. The number of hydrogen-bond donors (Lipinski definition) is 0. The summed E-state index contributed by atoms with van der Waals surface area (Å²) in [5.74, 6) is -0.627. The number of halogens is 1. The molecule has 2 rings (SSSR count). The Hall–Kier alpha value is -2.96. The molecule has 0 aromatic heterocycles. The highest BCUT2D eigenvalue weighted by Crippen LogP contribution is 2.19. The quantitative estimate of drug-likeness (QED) is 0.629. The van der Waals surface area contributed by atoms with Crippen molar-refractivity contribution in [2.24, 2.45) is 0 Å². The first-order valence-electron chi connectivity index (χ1n) is 6.37. The van der Waals surface area contributed by atoms with Crippen LogP contribution < -0.4 is 9.64 Å². The molecule has 0 fully saturated rings. The third-order valence-electron chi connectivity index (χ3n) is 3.00. The number of carbonyl (C=O) groups is 1. The summed E-state index contributed by atoms with van der Waals surface area (Å²) in [6, 6.07) is 11.3. The first-order chi connectivity index (χ1) is 10.5. The van der Waals surface area contributed by atoms with Crippen molar-refractivity contribution >= 4 is 17.3 Å². The lowest BCUT2D eigenvalue weighted by molar-refractivity contribution is -0.384. The summed E-state index contributed by atoms with van der Waals surface area (Å²) in [5.41, 5.74) is 0.0851. The van der Waals surface area contributed by atoms with Gasteiger partial charge in [0.2, 0.25) is 0 Å². The van der Waals surface area contributed by atoms with Crippen LogP contribution in [0.15, 0.2) is 48.5 Å². The summed E-state index contributed by atoms with van der Waals surface area (Å²) in [7, 11) is 1.44. The molecule has 0 N–H and O–H groups in total. The third kappa shape index (κ3) is 3.57. The SMILES string of the molecule is CN(C(=O)COc1ccc([N+](=O)[O-])cc1)c1ccccc1F. The summed E-state index contributed by atoms with van der Waals surface area (Å²) in [6.07, 6.45) is 0. The van der Waals surface area contributed by atoms with E-state index in [0.717, 1.165) is 4.90 Å². The number of nitrogens with zero attached hydrogens (tertiary/aromatic N) is 2. The fraction of sp³-hybridized carbons (Fsp3) is 0.133. The van der Waals surface area contributed by atoms with Crippen molar-refractivity contribution in [1.82, 2.24) is 0 Å². The van der Waals surface area contributed by atoms with Gasteiger partial charge in [0.1, 0.15) is 11.6 Å². The van der Waals surface area contributed by atoms with Crippen LogP contribution in [0.25, 0.3) is 0 Å². The maximum Gasteiger partial charge on any atom is 0.269 e. The number of anilines is 1. The number of para-hydroxylation sites is 1. The number of rotatable bonds is 5. The zero-order valence-electron chi connectivity index (χ0n) is 11.7. The molecule has 0 heterocycles. The normalized spacial score (nSPS) is 10.1. The Morgan fingerprint density at radius 2 is 1.86 bits per heavy atom. The van der Waals surface area contributed by atoms with Gasteiger partial charge in [-0.2, -0.15) is 0 Å². The predicted molar refractivity (Wildman–Crippen MR) is 78.4 cm³/mol. The monoisotopic (exact) mass is 304 g/mol. The Morgan fingerprint density at radius 1 is 1.23 bits per heavy atom. The lowest BCUT2D eigenvalue weighted by atomic mass is 10.3. The van der Waals surface area contributed by atoms with Crippen LogP contribution in [-0.2, 0) is 4.79 Å². The molecule has 2 aromatic carbocycles. The molecular weight excluding hydrogens is 291 g/mol. The standard InChI is InChI=1S/C15H13FN2O4/c1-17(14-5-3-2-4-13(14)16)15(19)10-22-12-8-6-11(7-9-12)18(20)21/h2-9H,10H2,1H3. The van der Waals surface area contributed by atoms with Crippen LogP contribution >= 0.6 is 0 Å². The fourth-order valence-corrected chi connectivity index (χ4v) is 1.76. The highest BCUT2D eigenvalue weighted by Gasteiger charge is 2.15. The summed E-state index contributed by atoms with van der Waals surface area (Å²) in [4.78, 5) is 23.1. The Kier molecular flexibility index (Phi) is 4.67. The van der Waals surface area contributed by atoms with Crippen LogP contribution in [-0.4, -0.2) is 24.5 Å². The number of carbonyl (C=O) groups excluding carboxylic acids is 1. The first-order valence-corrected chi connectivity index (χ1v) is 6.37. The van der Waals surface area contributed by atoms with E-state index in [2.05, 4.69) is 0 Å². The summed E-state index contributed by atoms with van der Waals surface area (Å²) >= 11 is 0. The number of hydrogen-bond acceptors (Lipinski definition) is 4. The van der Waals surface area contributed by atoms with Crippen LogP contribution in [0.3, 0.4) is 0 Å². The van der Waals surface area contributed by atoms with Crippen LogP contribution in [0.1, 0.15) is 0 Å². The van der Waals surface area contributed by atoms with Crippen molar-refractivity contribution in [3.05, 3.63) is 64.5 Å². The zero-order chi connectivity index (χ0) is 16.1. The van der Waals surface area contributed by atoms with E-state index >= 15 is 0 Å². The predicted octanol–water partition coefficient (Wildman–Crippen LogP) is 2.78. The van der Waals surface area contributed by atoms with Gasteiger partial charge in [-0.05, 0) is 24.3 Å². The fourth-order valence-electron chi connectivity index (χ4n) is 1.76. The van der Waals surface area contributed by atoms with Gasteiger partial charge >= 0.3 is 0 Å². The molecule has 0 saturated carbocycles. The van der Waals surface area contributed by atoms with Crippen molar-refractivity contribution in [2.75, 3.05) is 18.6 Å². The molecule has 2 aromatic rings. The van der Waals surface area contributed by atoms with Crippen molar-refractivity contribution in [2.45, 2.75) is 0 Å². The third-order valence-corrected chi connectivity index (χ3v) is 3.00. The molecule has 1 amide bonds. The maximum atomic E-state index is 13.6. The van der Waals surface area contributed by atoms with Crippen LogP contribution in [0.5, 0.6) is 5.75 Å². The Labute approximate surface area is 125 Å². The minimum absolute atomic E-state index is 0.0675. The molecule has 0 bridgehead atoms. The highest BCUT2D eigenvalue weighted by molar-refractivity contribution is 5.94.